The van der Waals surface area contributed by atoms with Crippen LogP contribution in [0.2, 0.25) is 0 Å². The van der Waals surface area contributed by atoms with E-state index in [1.165, 1.54) is 24.0 Å². The molecule has 90 valence electrons. The van der Waals surface area contributed by atoms with Crippen LogP contribution in [0, 0.1) is 0 Å². The van der Waals surface area contributed by atoms with Gasteiger partial charge >= 0.3 is 6.18 Å². The van der Waals surface area contributed by atoms with Crippen LogP contribution in [0.1, 0.15) is 11.3 Å². The summed E-state index contributed by atoms with van der Waals surface area (Å²) >= 11 is 1.39. The first-order chi connectivity index (χ1) is 7.43. The summed E-state index contributed by atoms with van der Waals surface area (Å²) < 4.78 is 36.6. The summed E-state index contributed by atoms with van der Waals surface area (Å²) in [7, 11) is 1.71. The van der Waals surface area contributed by atoms with E-state index in [-0.39, 0.29) is 5.50 Å². The van der Waals surface area contributed by atoms with Gasteiger partial charge in [0.2, 0.25) is 0 Å². The molecule has 1 aromatic rings. The van der Waals surface area contributed by atoms with Crippen LogP contribution in [-0.2, 0) is 11.9 Å². The Morgan fingerprint density at radius 1 is 1.50 bits per heavy atom. The first kappa shape index (κ1) is 13.3. The van der Waals surface area contributed by atoms with Gasteiger partial charge in [0.1, 0.15) is 11.2 Å². The van der Waals surface area contributed by atoms with Crippen molar-refractivity contribution in [3.63, 3.8) is 0 Å². The van der Waals surface area contributed by atoms with Crippen molar-refractivity contribution in [2.75, 3.05) is 7.05 Å². The summed E-state index contributed by atoms with van der Waals surface area (Å²) in [6.07, 6.45) is -3.16. The van der Waals surface area contributed by atoms with Gasteiger partial charge in [-0.05, 0) is 18.7 Å². The molecule has 1 unspecified atom stereocenters. The maximum Gasteiger partial charge on any atom is 0.433 e. The van der Waals surface area contributed by atoms with Gasteiger partial charge in [-0.1, -0.05) is 6.07 Å². The number of thioether (sulfide) groups is 1. The number of nitrogens with two attached hydrogens (primary N) is 1. The molecule has 7 heteroatoms. The number of rotatable bonds is 4. The first-order valence-corrected chi connectivity index (χ1v) is 5.55. The van der Waals surface area contributed by atoms with E-state index in [1.807, 2.05) is 0 Å². The van der Waals surface area contributed by atoms with E-state index in [4.69, 9.17) is 5.73 Å². The fourth-order valence-electron chi connectivity index (χ4n) is 0.947. The summed E-state index contributed by atoms with van der Waals surface area (Å²) in [5, 5.41) is 2.81. The lowest BCUT2D eigenvalue weighted by molar-refractivity contribution is -0.141. The predicted molar refractivity (Wildman–Crippen MR) is 57.6 cm³/mol. The zero-order valence-corrected chi connectivity index (χ0v) is 9.40. The molecule has 0 aliphatic rings. The third kappa shape index (κ3) is 3.99. The quantitative estimate of drug-likeness (QED) is 0.801. The van der Waals surface area contributed by atoms with Crippen molar-refractivity contribution in [3.8, 4) is 0 Å². The van der Waals surface area contributed by atoms with Gasteiger partial charge in [-0.3, -0.25) is 10.3 Å². The Labute approximate surface area is 95.6 Å². The van der Waals surface area contributed by atoms with E-state index in [0.29, 0.717) is 11.3 Å². The molecule has 0 bridgehead atoms. The van der Waals surface area contributed by atoms with E-state index in [9.17, 15) is 13.2 Å². The molecule has 0 amide bonds. The van der Waals surface area contributed by atoms with Crippen molar-refractivity contribution in [2.24, 2.45) is 5.73 Å². The first-order valence-electron chi connectivity index (χ1n) is 4.50. The monoisotopic (exact) mass is 251 g/mol. The summed E-state index contributed by atoms with van der Waals surface area (Å²) in [4.78, 5) is 3.35. The lowest BCUT2D eigenvalue weighted by atomic mass is 10.3. The molecular weight excluding hydrogens is 239 g/mol. The van der Waals surface area contributed by atoms with Crippen molar-refractivity contribution in [3.05, 3.63) is 29.6 Å². The van der Waals surface area contributed by atoms with Crippen LogP contribution in [0.25, 0.3) is 0 Å². The minimum atomic E-state index is -4.38. The minimum Gasteiger partial charge on any atom is -0.307 e. The summed E-state index contributed by atoms with van der Waals surface area (Å²) in [5.41, 5.74) is 5.17. The van der Waals surface area contributed by atoms with E-state index in [0.717, 1.165) is 6.07 Å². The SMILES string of the molecule is CNC(N)SCc1ccc(C(F)(F)F)nc1. The van der Waals surface area contributed by atoms with Crippen LogP contribution in [0.5, 0.6) is 0 Å². The average Bonchev–Trinajstić information content (AvgIpc) is 2.25. The molecule has 0 aliphatic heterocycles. The van der Waals surface area contributed by atoms with Crippen LogP contribution in [0.4, 0.5) is 13.2 Å². The smallest absolute Gasteiger partial charge is 0.307 e. The van der Waals surface area contributed by atoms with Crippen molar-refractivity contribution in [2.45, 2.75) is 17.4 Å². The largest absolute Gasteiger partial charge is 0.433 e. The van der Waals surface area contributed by atoms with E-state index in [1.54, 1.807) is 7.05 Å². The lowest BCUT2D eigenvalue weighted by Gasteiger charge is -2.10. The lowest BCUT2D eigenvalue weighted by Crippen LogP contribution is -2.30. The summed E-state index contributed by atoms with van der Waals surface area (Å²) in [6.45, 7) is 0. The van der Waals surface area contributed by atoms with Gasteiger partial charge in [0, 0.05) is 11.9 Å². The Morgan fingerprint density at radius 3 is 2.62 bits per heavy atom. The van der Waals surface area contributed by atoms with Crippen molar-refractivity contribution >= 4 is 11.8 Å². The number of nitrogens with zero attached hydrogens (tertiary/aromatic N) is 1. The molecule has 1 heterocycles. The molecule has 0 aromatic carbocycles. The van der Waals surface area contributed by atoms with Crippen molar-refractivity contribution < 1.29 is 13.2 Å². The normalized spacial score (nSPS) is 13.8. The molecule has 0 aliphatic carbocycles. The molecule has 16 heavy (non-hydrogen) atoms. The molecule has 0 spiro atoms. The molecule has 3 nitrogen and oxygen atoms in total. The summed E-state index contributed by atoms with van der Waals surface area (Å²) in [5.74, 6) is 0.521. The Kier molecular flexibility index (Phi) is 4.57. The highest BCUT2D eigenvalue weighted by molar-refractivity contribution is 7.99. The predicted octanol–water partition coefficient (Wildman–Crippen LogP) is 1.80. The fourth-order valence-corrected chi connectivity index (χ4v) is 1.66. The maximum absolute atomic E-state index is 12.2. The van der Waals surface area contributed by atoms with Gasteiger partial charge < -0.3 is 5.73 Å². The number of hydrogen-bond donors (Lipinski definition) is 2. The number of pyridine rings is 1. The molecule has 0 saturated carbocycles. The zero-order chi connectivity index (χ0) is 12.2. The number of aromatic nitrogens is 1. The van der Waals surface area contributed by atoms with Gasteiger partial charge in [0.05, 0.1) is 0 Å². The number of alkyl halides is 3. The Morgan fingerprint density at radius 2 is 2.19 bits per heavy atom. The molecule has 0 fully saturated rings. The second kappa shape index (κ2) is 5.51. The molecule has 3 N–H and O–H groups in total. The van der Waals surface area contributed by atoms with E-state index >= 15 is 0 Å². The molecule has 0 radical (unpaired) electrons. The van der Waals surface area contributed by atoms with E-state index in [2.05, 4.69) is 10.3 Å². The Bertz CT molecular complexity index is 326. The Hall–Kier alpha value is -0.790. The number of nitrogens with one attached hydrogen (secondary N) is 1. The van der Waals surface area contributed by atoms with Gasteiger partial charge in [-0.15, -0.1) is 11.8 Å². The van der Waals surface area contributed by atoms with Gasteiger partial charge in [-0.25, -0.2) is 0 Å². The highest BCUT2D eigenvalue weighted by Gasteiger charge is 2.31. The number of halogens is 3. The van der Waals surface area contributed by atoms with Crippen molar-refractivity contribution in [1.82, 2.24) is 10.3 Å². The zero-order valence-electron chi connectivity index (χ0n) is 8.58. The molecule has 1 atom stereocenters. The maximum atomic E-state index is 12.2. The minimum absolute atomic E-state index is 0.234. The van der Waals surface area contributed by atoms with Gasteiger partial charge in [0.15, 0.2) is 0 Å². The highest BCUT2D eigenvalue weighted by Crippen LogP contribution is 2.27. The fraction of sp³-hybridized carbons (Fsp3) is 0.444. The van der Waals surface area contributed by atoms with Gasteiger partial charge in [0.25, 0.3) is 0 Å². The topological polar surface area (TPSA) is 50.9 Å². The summed E-state index contributed by atoms with van der Waals surface area (Å²) in [6, 6.07) is 2.38. The third-order valence-electron chi connectivity index (χ3n) is 1.83. The number of hydrogen-bond acceptors (Lipinski definition) is 4. The molecule has 1 aromatic heterocycles. The third-order valence-corrected chi connectivity index (χ3v) is 2.92. The van der Waals surface area contributed by atoms with E-state index < -0.39 is 11.9 Å². The highest BCUT2D eigenvalue weighted by atomic mass is 32.2. The van der Waals surface area contributed by atoms with Crippen LogP contribution in [0.3, 0.4) is 0 Å². The molecular formula is C9H12F3N3S. The van der Waals surface area contributed by atoms with Crippen molar-refractivity contribution in [1.29, 1.82) is 0 Å². The van der Waals surface area contributed by atoms with Crippen LogP contribution in [-0.4, -0.2) is 17.5 Å². The van der Waals surface area contributed by atoms with Crippen LogP contribution >= 0.6 is 11.8 Å². The molecule has 1 rings (SSSR count). The standard InChI is InChI=1S/C9H12F3N3S/c1-14-8(13)16-5-6-2-3-7(15-4-6)9(10,11)12/h2-4,8,14H,5,13H2,1H3. The second-order valence-electron chi connectivity index (χ2n) is 3.07. The molecule has 0 saturated heterocycles. The second-order valence-corrected chi connectivity index (χ2v) is 4.20. The van der Waals surface area contributed by atoms with Gasteiger partial charge in [-0.2, -0.15) is 13.2 Å². The van der Waals surface area contributed by atoms with Crippen LogP contribution in [0.15, 0.2) is 18.3 Å². The Balaban J connectivity index is 2.58. The average molecular weight is 251 g/mol. The van der Waals surface area contributed by atoms with Crippen LogP contribution < -0.4 is 11.1 Å².